The van der Waals surface area contributed by atoms with Gasteiger partial charge in [-0.2, -0.15) is 0 Å². The van der Waals surface area contributed by atoms with Gasteiger partial charge in [0.05, 0.1) is 0 Å². The van der Waals surface area contributed by atoms with Crippen molar-refractivity contribution < 1.29 is 4.79 Å². The minimum Gasteiger partial charge on any atom is -0.343 e. The molecular formula is C14H14BrIN2O. The monoisotopic (exact) mass is 432 g/mol. The molecule has 3 nitrogen and oxygen atoms in total. The summed E-state index contributed by atoms with van der Waals surface area (Å²) in [6.07, 6.45) is 1.91. The molecule has 0 aliphatic carbocycles. The lowest BCUT2D eigenvalue weighted by molar-refractivity contribution is 0.101. The van der Waals surface area contributed by atoms with Crippen molar-refractivity contribution in [2.75, 3.05) is 5.32 Å². The van der Waals surface area contributed by atoms with Crippen molar-refractivity contribution >= 4 is 50.1 Å². The molecule has 0 spiro atoms. The van der Waals surface area contributed by atoms with Gasteiger partial charge in [-0.05, 0) is 76.1 Å². The molecular weight excluding hydrogens is 419 g/mol. The highest BCUT2D eigenvalue weighted by atomic mass is 127. The molecule has 0 unspecified atom stereocenters. The minimum atomic E-state index is -0.0906. The molecule has 1 heterocycles. The molecule has 100 valence electrons. The van der Waals surface area contributed by atoms with Crippen LogP contribution in [0.15, 0.2) is 34.9 Å². The maximum Gasteiger partial charge on any atom is 0.272 e. The van der Waals surface area contributed by atoms with Gasteiger partial charge in [0, 0.05) is 26.5 Å². The lowest BCUT2D eigenvalue weighted by Crippen LogP contribution is -2.16. The van der Waals surface area contributed by atoms with Gasteiger partial charge in [0.25, 0.3) is 5.91 Å². The van der Waals surface area contributed by atoms with Crippen LogP contribution < -0.4 is 5.32 Å². The fraction of sp³-hybridized carbons (Fsp3) is 0.214. The van der Waals surface area contributed by atoms with E-state index in [1.807, 2.05) is 48.9 Å². The maximum absolute atomic E-state index is 12.2. The van der Waals surface area contributed by atoms with E-state index in [4.69, 9.17) is 0 Å². The van der Waals surface area contributed by atoms with Crippen LogP contribution in [0.3, 0.4) is 0 Å². The second kappa shape index (κ2) is 6.09. The molecule has 19 heavy (non-hydrogen) atoms. The van der Waals surface area contributed by atoms with E-state index in [1.165, 1.54) is 5.56 Å². The quantitative estimate of drug-likeness (QED) is 0.715. The number of nitrogens with zero attached hydrogens (tertiary/aromatic N) is 1. The van der Waals surface area contributed by atoms with Gasteiger partial charge in [-0.3, -0.25) is 4.79 Å². The first kappa shape index (κ1) is 14.6. The van der Waals surface area contributed by atoms with E-state index >= 15 is 0 Å². The number of nitrogens with one attached hydrogen (secondary N) is 1. The molecule has 0 atom stereocenters. The smallest absolute Gasteiger partial charge is 0.272 e. The first-order chi connectivity index (χ1) is 9.01. The molecule has 0 aliphatic heterocycles. The first-order valence-corrected chi connectivity index (χ1v) is 7.81. The number of hydrogen-bond acceptors (Lipinski definition) is 1. The van der Waals surface area contributed by atoms with Gasteiger partial charge in [0.1, 0.15) is 5.69 Å². The van der Waals surface area contributed by atoms with E-state index in [-0.39, 0.29) is 5.91 Å². The number of carbonyl (C=O) groups is 1. The van der Waals surface area contributed by atoms with Gasteiger partial charge in [-0.15, -0.1) is 0 Å². The van der Waals surface area contributed by atoms with Crippen molar-refractivity contribution in [3.8, 4) is 0 Å². The summed E-state index contributed by atoms with van der Waals surface area (Å²) in [5, 5.41) is 2.93. The van der Waals surface area contributed by atoms with Crippen molar-refractivity contribution in [1.29, 1.82) is 0 Å². The van der Waals surface area contributed by atoms with Crippen LogP contribution in [-0.2, 0) is 6.54 Å². The van der Waals surface area contributed by atoms with E-state index in [9.17, 15) is 4.79 Å². The SMILES string of the molecule is CCn1cc(Br)cc1C(=O)Nc1ccc(C)c(I)c1. The van der Waals surface area contributed by atoms with Gasteiger partial charge < -0.3 is 9.88 Å². The van der Waals surface area contributed by atoms with Crippen LogP contribution in [0.2, 0.25) is 0 Å². The molecule has 0 radical (unpaired) electrons. The van der Waals surface area contributed by atoms with Crippen LogP contribution >= 0.6 is 38.5 Å². The van der Waals surface area contributed by atoms with Gasteiger partial charge in [0.15, 0.2) is 0 Å². The summed E-state index contributed by atoms with van der Waals surface area (Å²) in [6, 6.07) is 7.73. The molecule has 2 aromatic rings. The number of carbonyl (C=O) groups excluding carboxylic acids is 1. The van der Waals surface area contributed by atoms with Crippen molar-refractivity contribution in [3.63, 3.8) is 0 Å². The summed E-state index contributed by atoms with van der Waals surface area (Å²) in [6.45, 7) is 4.82. The number of halogens is 2. The minimum absolute atomic E-state index is 0.0906. The number of aromatic nitrogens is 1. The maximum atomic E-state index is 12.2. The third-order valence-corrected chi connectivity index (χ3v) is 4.46. The van der Waals surface area contributed by atoms with E-state index < -0.39 is 0 Å². The molecule has 1 amide bonds. The van der Waals surface area contributed by atoms with E-state index in [1.54, 1.807) is 0 Å². The highest BCUT2D eigenvalue weighted by Crippen LogP contribution is 2.19. The number of benzene rings is 1. The number of anilines is 1. The predicted molar refractivity (Wildman–Crippen MR) is 89.7 cm³/mol. The molecule has 1 N–H and O–H groups in total. The van der Waals surface area contributed by atoms with Crippen LogP contribution in [0.1, 0.15) is 23.0 Å². The average Bonchev–Trinajstić information content (AvgIpc) is 2.75. The molecule has 5 heteroatoms. The molecule has 1 aromatic carbocycles. The lowest BCUT2D eigenvalue weighted by Gasteiger charge is -2.08. The number of rotatable bonds is 3. The molecule has 0 saturated carbocycles. The Bertz CT molecular complexity index is 622. The zero-order valence-electron chi connectivity index (χ0n) is 10.7. The zero-order valence-corrected chi connectivity index (χ0v) is 14.4. The second-order valence-corrected chi connectivity index (χ2v) is 6.33. The molecule has 2 rings (SSSR count). The fourth-order valence-corrected chi connectivity index (χ4v) is 2.77. The summed E-state index contributed by atoms with van der Waals surface area (Å²) < 4.78 is 3.97. The van der Waals surface area contributed by atoms with E-state index in [0.717, 1.165) is 20.3 Å². The Balaban J connectivity index is 2.22. The van der Waals surface area contributed by atoms with Gasteiger partial charge >= 0.3 is 0 Å². The largest absolute Gasteiger partial charge is 0.343 e. The predicted octanol–water partition coefficient (Wildman–Crippen LogP) is 4.44. The Hall–Kier alpha value is -0.820. The molecule has 0 aliphatic rings. The summed E-state index contributed by atoms with van der Waals surface area (Å²) in [5.74, 6) is -0.0906. The van der Waals surface area contributed by atoms with Crippen molar-refractivity contribution in [2.24, 2.45) is 0 Å². The molecule has 0 saturated heterocycles. The van der Waals surface area contributed by atoms with Crippen LogP contribution in [0.4, 0.5) is 5.69 Å². The van der Waals surface area contributed by atoms with E-state index in [2.05, 4.69) is 43.8 Å². The summed E-state index contributed by atoms with van der Waals surface area (Å²) in [5.41, 5.74) is 2.68. The van der Waals surface area contributed by atoms with E-state index in [0.29, 0.717) is 5.69 Å². The topological polar surface area (TPSA) is 34.0 Å². The van der Waals surface area contributed by atoms with Crippen LogP contribution in [0.5, 0.6) is 0 Å². The third-order valence-electron chi connectivity index (χ3n) is 2.87. The highest BCUT2D eigenvalue weighted by molar-refractivity contribution is 14.1. The van der Waals surface area contributed by atoms with Gasteiger partial charge in [0.2, 0.25) is 0 Å². The number of amides is 1. The second-order valence-electron chi connectivity index (χ2n) is 4.25. The lowest BCUT2D eigenvalue weighted by atomic mass is 10.2. The Kier molecular flexibility index (Phi) is 4.67. The molecule has 0 bridgehead atoms. The number of hydrogen-bond donors (Lipinski definition) is 1. The fourth-order valence-electron chi connectivity index (χ4n) is 1.79. The Morgan fingerprint density at radius 3 is 2.79 bits per heavy atom. The van der Waals surface area contributed by atoms with Gasteiger partial charge in [-0.1, -0.05) is 6.07 Å². The first-order valence-electron chi connectivity index (χ1n) is 5.94. The molecule has 0 fully saturated rings. The van der Waals surface area contributed by atoms with Crippen LogP contribution in [0, 0.1) is 10.5 Å². The van der Waals surface area contributed by atoms with Crippen LogP contribution in [-0.4, -0.2) is 10.5 Å². The van der Waals surface area contributed by atoms with Crippen LogP contribution in [0.25, 0.3) is 0 Å². The van der Waals surface area contributed by atoms with Crippen molar-refractivity contribution in [2.45, 2.75) is 20.4 Å². The van der Waals surface area contributed by atoms with Crippen molar-refractivity contribution in [3.05, 3.63) is 49.8 Å². The summed E-state index contributed by atoms with van der Waals surface area (Å²) >= 11 is 5.66. The van der Waals surface area contributed by atoms with Gasteiger partial charge in [-0.25, -0.2) is 0 Å². The normalized spacial score (nSPS) is 10.5. The Morgan fingerprint density at radius 2 is 2.16 bits per heavy atom. The third kappa shape index (κ3) is 3.39. The Morgan fingerprint density at radius 1 is 1.42 bits per heavy atom. The summed E-state index contributed by atoms with van der Waals surface area (Å²) in [7, 11) is 0. The van der Waals surface area contributed by atoms with Crippen molar-refractivity contribution in [1.82, 2.24) is 4.57 Å². The average molecular weight is 433 g/mol. The zero-order chi connectivity index (χ0) is 14.0. The Labute approximate surface area is 134 Å². The highest BCUT2D eigenvalue weighted by Gasteiger charge is 2.12. The number of aryl methyl sites for hydroxylation is 2. The molecule has 1 aromatic heterocycles. The standard InChI is InChI=1S/C14H14BrIN2O/c1-3-18-8-10(15)6-13(18)14(19)17-11-5-4-9(2)12(16)7-11/h4-8H,3H2,1-2H3,(H,17,19). The summed E-state index contributed by atoms with van der Waals surface area (Å²) in [4.78, 5) is 12.2.